The van der Waals surface area contributed by atoms with Gasteiger partial charge in [0.05, 0.1) is 0 Å². The van der Waals surface area contributed by atoms with Crippen LogP contribution < -0.4 is 0 Å². The second kappa shape index (κ2) is 8.96. The summed E-state index contributed by atoms with van der Waals surface area (Å²) in [5.74, 6) is 0. The van der Waals surface area contributed by atoms with Crippen molar-refractivity contribution in [3.8, 4) is 0 Å². The zero-order valence-electron chi connectivity index (χ0n) is 6.52. The fourth-order valence-electron chi connectivity index (χ4n) is 0.624. The van der Waals surface area contributed by atoms with Gasteiger partial charge in [0.25, 0.3) is 0 Å². The third kappa shape index (κ3) is 7.96. The molecular weight excluding hydrogens is 188 g/mol. The quantitative estimate of drug-likeness (QED) is 0.363. The Morgan fingerprint density at radius 1 is 1.20 bits per heavy atom. The van der Waals surface area contributed by atoms with Gasteiger partial charge in [-0.2, -0.15) is 0 Å². The molecule has 0 atom stereocenters. The highest BCUT2D eigenvalue weighted by molar-refractivity contribution is 9.09. The highest BCUT2D eigenvalue weighted by atomic mass is 79.9. The van der Waals surface area contributed by atoms with Crippen LogP contribution in [0, 0.1) is 0 Å². The summed E-state index contributed by atoms with van der Waals surface area (Å²) in [6, 6.07) is 0. The minimum absolute atomic E-state index is 1.08. The average Bonchev–Trinajstić information content (AvgIpc) is 1.97. The van der Waals surface area contributed by atoms with Crippen LogP contribution in [-0.4, -0.2) is 5.33 Å². The largest absolute Gasteiger partial charge is 0.0928 e. The molecule has 0 aliphatic rings. The van der Waals surface area contributed by atoms with E-state index in [4.69, 9.17) is 0 Å². The lowest BCUT2D eigenvalue weighted by atomic mass is 10.3. The fraction of sp³-hybridized carbons (Fsp3) is 0.556. The Bertz CT molecular complexity index is 103. The molecule has 0 rings (SSSR count). The zero-order chi connectivity index (χ0) is 7.66. The molecule has 0 amide bonds. The number of hydrogen-bond donors (Lipinski definition) is 0. The van der Waals surface area contributed by atoms with Gasteiger partial charge in [0.15, 0.2) is 0 Å². The molecule has 0 saturated heterocycles. The highest BCUT2D eigenvalue weighted by Gasteiger charge is 1.76. The van der Waals surface area contributed by atoms with E-state index in [1.165, 1.54) is 12.8 Å². The van der Waals surface area contributed by atoms with Crippen LogP contribution in [0.3, 0.4) is 0 Å². The van der Waals surface area contributed by atoms with Crippen molar-refractivity contribution in [1.82, 2.24) is 0 Å². The van der Waals surface area contributed by atoms with Crippen molar-refractivity contribution in [3.05, 3.63) is 24.3 Å². The first-order chi connectivity index (χ1) is 4.91. The first-order valence-electron chi connectivity index (χ1n) is 3.74. The van der Waals surface area contributed by atoms with Gasteiger partial charge in [0.1, 0.15) is 0 Å². The number of halogens is 1. The molecule has 0 unspecified atom stereocenters. The molecule has 58 valence electrons. The predicted octanol–water partition coefficient (Wildman–Crippen LogP) is 3.68. The predicted molar refractivity (Wildman–Crippen MR) is 51.6 cm³/mol. The van der Waals surface area contributed by atoms with E-state index in [0.29, 0.717) is 0 Å². The molecule has 0 fully saturated rings. The van der Waals surface area contributed by atoms with E-state index in [2.05, 4.69) is 40.2 Å². The van der Waals surface area contributed by atoms with Crippen LogP contribution in [0.15, 0.2) is 24.3 Å². The molecule has 0 nitrogen and oxygen atoms in total. The summed E-state index contributed by atoms with van der Waals surface area (Å²) in [7, 11) is 0. The van der Waals surface area contributed by atoms with E-state index in [1.54, 1.807) is 0 Å². The first kappa shape index (κ1) is 9.96. The second-order valence-corrected chi connectivity index (χ2v) is 2.90. The Morgan fingerprint density at radius 2 is 2.00 bits per heavy atom. The zero-order valence-corrected chi connectivity index (χ0v) is 8.10. The molecule has 1 heteroatoms. The van der Waals surface area contributed by atoms with E-state index in [-0.39, 0.29) is 0 Å². The topological polar surface area (TPSA) is 0 Å². The van der Waals surface area contributed by atoms with E-state index >= 15 is 0 Å². The monoisotopic (exact) mass is 202 g/mol. The summed E-state index contributed by atoms with van der Waals surface area (Å²) in [4.78, 5) is 0. The van der Waals surface area contributed by atoms with Crippen molar-refractivity contribution in [3.63, 3.8) is 0 Å². The molecule has 0 bridgehead atoms. The Hall–Kier alpha value is -0.0400. The average molecular weight is 203 g/mol. The lowest BCUT2D eigenvalue weighted by molar-refractivity contribution is 0.974. The van der Waals surface area contributed by atoms with Gasteiger partial charge in [-0.3, -0.25) is 0 Å². The van der Waals surface area contributed by atoms with Crippen LogP contribution in [0.1, 0.15) is 26.2 Å². The van der Waals surface area contributed by atoms with Gasteiger partial charge < -0.3 is 0 Å². The summed E-state index contributed by atoms with van der Waals surface area (Å²) in [6.07, 6.45) is 12.2. The van der Waals surface area contributed by atoms with Crippen LogP contribution >= 0.6 is 15.9 Å². The molecule has 0 saturated carbocycles. The smallest absolute Gasteiger partial charge is 0.00342 e. The van der Waals surface area contributed by atoms with Gasteiger partial charge in [0.2, 0.25) is 0 Å². The van der Waals surface area contributed by atoms with Crippen molar-refractivity contribution in [2.45, 2.75) is 26.2 Å². The van der Waals surface area contributed by atoms with Gasteiger partial charge in [-0.25, -0.2) is 0 Å². The van der Waals surface area contributed by atoms with Gasteiger partial charge in [-0.15, -0.1) is 0 Å². The van der Waals surface area contributed by atoms with E-state index in [0.717, 1.165) is 11.8 Å². The Balaban J connectivity index is 3.04. The summed E-state index contributed by atoms with van der Waals surface area (Å²) in [5, 5.41) is 1.11. The SMILES string of the molecule is C/C=C/C/C=C\CCCBr. The first-order valence-corrected chi connectivity index (χ1v) is 4.86. The van der Waals surface area contributed by atoms with E-state index < -0.39 is 0 Å². The van der Waals surface area contributed by atoms with Crippen LogP contribution in [0.2, 0.25) is 0 Å². The van der Waals surface area contributed by atoms with Gasteiger partial charge >= 0.3 is 0 Å². The summed E-state index contributed by atoms with van der Waals surface area (Å²) in [6.45, 7) is 2.05. The molecule has 0 heterocycles. The van der Waals surface area contributed by atoms with Crippen LogP contribution in [0.5, 0.6) is 0 Å². The maximum atomic E-state index is 3.38. The molecule has 0 aromatic carbocycles. The van der Waals surface area contributed by atoms with Gasteiger partial charge in [0, 0.05) is 5.33 Å². The van der Waals surface area contributed by atoms with Crippen molar-refractivity contribution in [2.75, 3.05) is 5.33 Å². The summed E-state index contributed by atoms with van der Waals surface area (Å²) >= 11 is 3.38. The van der Waals surface area contributed by atoms with Crippen molar-refractivity contribution in [2.24, 2.45) is 0 Å². The Kier molecular flexibility index (Phi) is 8.92. The normalized spacial score (nSPS) is 11.8. The number of alkyl halides is 1. The highest BCUT2D eigenvalue weighted by Crippen LogP contribution is 1.96. The third-order valence-corrected chi connectivity index (χ3v) is 1.74. The molecule has 10 heavy (non-hydrogen) atoms. The molecule has 0 aliphatic carbocycles. The maximum Gasteiger partial charge on any atom is 0.00342 e. The number of unbranched alkanes of at least 4 members (excludes halogenated alkanes) is 1. The molecule has 0 N–H and O–H groups in total. The van der Waals surface area contributed by atoms with Crippen molar-refractivity contribution >= 4 is 15.9 Å². The summed E-state index contributed by atoms with van der Waals surface area (Å²) < 4.78 is 0. The standard InChI is InChI=1S/C9H15Br/c1-2-3-4-5-6-7-8-9-10/h2-3,5-6H,4,7-9H2,1H3/b3-2+,6-5-. The van der Waals surface area contributed by atoms with E-state index in [9.17, 15) is 0 Å². The number of allylic oxidation sites excluding steroid dienone is 4. The van der Waals surface area contributed by atoms with Crippen LogP contribution in [-0.2, 0) is 0 Å². The van der Waals surface area contributed by atoms with Crippen LogP contribution in [0.25, 0.3) is 0 Å². The Labute approximate surface area is 72.1 Å². The molecule has 0 spiro atoms. The molecule has 0 aromatic rings. The van der Waals surface area contributed by atoms with Crippen LogP contribution in [0.4, 0.5) is 0 Å². The van der Waals surface area contributed by atoms with Crippen molar-refractivity contribution < 1.29 is 0 Å². The number of rotatable bonds is 5. The molecule has 0 aliphatic heterocycles. The maximum absolute atomic E-state index is 3.38. The molecular formula is C9H15Br. The molecule has 0 aromatic heterocycles. The van der Waals surface area contributed by atoms with Gasteiger partial charge in [-0.05, 0) is 26.2 Å². The summed E-state index contributed by atoms with van der Waals surface area (Å²) in [5.41, 5.74) is 0. The lowest BCUT2D eigenvalue weighted by Gasteiger charge is -1.85. The second-order valence-electron chi connectivity index (χ2n) is 2.11. The fourth-order valence-corrected chi connectivity index (χ4v) is 0.947. The lowest BCUT2D eigenvalue weighted by Crippen LogP contribution is -1.69. The Morgan fingerprint density at radius 3 is 2.60 bits per heavy atom. The number of hydrogen-bond acceptors (Lipinski definition) is 0. The minimum Gasteiger partial charge on any atom is -0.0928 e. The van der Waals surface area contributed by atoms with Crippen molar-refractivity contribution in [1.29, 1.82) is 0 Å². The van der Waals surface area contributed by atoms with E-state index in [1.807, 2.05) is 6.92 Å². The molecule has 0 radical (unpaired) electrons. The van der Waals surface area contributed by atoms with Gasteiger partial charge in [-0.1, -0.05) is 40.2 Å². The third-order valence-electron chi connectivity index (χ3n) is 1.18. The minimum atomic E-state index is 1.08.